The molecule has 24 heavy (non-hydrogen) atoms. The Morgan fingerprint density at radius 1 is 1.25 bits per heavy atom. The SMILES string of the molecule is COc1ccc2c(c1OCc1ccccc1)CC(C(=O)O)NC2.Cl. The zero-order valence-corrected chi connectivity index (χ0v) is 14.1. The molecule has 128 valence electrons. The number of fused-ring (bicyclic) bond motifs is 1. The monoisotopic (exact) mass is 349 g/mol. The van der Waals surface area contributed by atoms with Crippen molar-refractivity contribution in [3.63, 3.8) is 0 Å². The maximum atomic E-state index is 11.3. The highest BCUT2D eigenvalue weighted by Gasteiger charge is 2.27. The van der Waals surface area contributed by atoms with Gasteiger partial charge < -0.3 is 19.9 Å². The molecule has 2 N–H and O–H groups in total. The zero-order chi connectivity index (χ0) is 16.2. The number of aliphatic carboxylic acids is 1. The smallest absolute Gasteiger partial charge is 0.321 e. The molecule has 0 spiro atoms. The summed E-state index contributed by atoms with van der Waals surface area (Å²) in [6.45, 7) is 0.927. The minimum absolute atomic E-state index is 0. The summed E-state index contributed by atoms with van der Waals surface area (Å²) in [7, 11) is 1.59. The maximum absolute atomic E-state index is 11.3. The van der Waals surface area contributed by atoms with E-state index in [0.717, 1.165) is 16.7 Å². The second-order valence-electron chi connectivity index (χ2n) is 5.48. The van der Waals surface area contributed by atoms with E-state index in [1.807, 2.05) is 42.5 Å². The first kappa shape index (κ1) is 18.1. The number of ether oxygens (including phenoxy) is 2. The van der Waals surface area contributed by atoms with Gasteiger partial charge in [0.15, 0.2) is 11.5 Å². The summed E-state index contributed by atoms with van der Waals surface area (Å²) in [4.78, 5) is 11.3. The van der Waals surface area contributed by atoms with Gasteiger partial charge in [-0.1, -0.05) is 36.4 Å². The van der Waals surface area contributed by atoms with Crippen LogP contribution in [0, 0.1) is 0 Å². The zero-order valence-electron chi connectivity index (χ0n) is 13.3. The quantitative estimate of drug-likeness (QED) is 0.868. The maximum Gasteiger partial charge on any atom is 0.321 e. The molecule has 3 rings (SSSR count). The van der Waals surface area contributed by atoms with E-state index < -0.39 is 12.0 Å². The van der Waals surface area contributed by atoms with Gasteiger partial charge in [-0.2, -0.15) is 0 Å². The summed E-state index contributed by atoms with van der Waals surface area (Å²) in [6, 6.07) is 13.1. The lowest BCUT2D eigenvalue weighted by Crippen LogP contribution is -2.41. The molecule has 1 aliphatic heterocycles. The number of hydrogen-bond acceptors (Lipinski definition) is 4. The van der Waals surface area contributed by atoms with Crippen LogP contribution in [0.1, 0.15) is 16.7 Å². The van der Waals surface area contributed by atoms with Crippen molar-refractivity contribution in [1.82, 2.24) is 5.32 Å². The topological polar surface area (TPSA) is 67.8 Å². The molecule has 0 fully saturated rings. The number of hydrogen-bond donors (Lipinski definition) is 2. The van der Waals surface area contributed by atoms with E-state index in [9.17, 15) is 9.90 Å². The first-order valence-corrected chi connectivity index (χ1v) is 7.50. The molecule has 6 heteroatoms. The molecule has 0 saturated carbocycles. The number of carbonyl (C=O) groups is 1. The molecule has 2 aromatic carbocycles. The van der Waals surface area contributed by atoms with E-state index in [2.05, 4.69) is 5.32 Å². The molecule has 0 aromatic heterocycles. The summed E-state index contributed by atoms with van der Waals surface area (Å²) in [6.07, 6.45) is 0.381. The average molecular weight is 350 g/mol. The summed E-state index contributed by atoms with van der Waals surface area (Å²) >= 11 is 0. The number of carboxylic acids is 1. The Bertz CT molecular complexity index is 706. The first-order valence-electron chi connectivity index (χ1n) is 7.50. The van der Waals surface area contributed by atoms with Crippen molar-refractivity contribution in [2.45, 2.75) is 25.6 Å². The molecule has 1 heterocycles. The minimum atomic E-state index is -0.854. The molecular formula is C18H20ClNO4. The van der Waals surface area contributed by atoms with Gasteiger partial charge in [0.1, 0.15) is 12.6 Å². The van der Waals surface area contributed by atoms with Crippen molar-refractivity contribution in [2.24, 2.45) is 0 Å². The number of nitrogens with one attached hydrogen (secondary N) is 1. The first-order chi connectivity index (χ1) is 11.2. The van der Waals surface area contributed by atoms with Crippen LogP contribution in [0.2, 0.25) is 0 Å². The van der Waals surface area contributed by atoms with Crippen LogP contribution in [0.5, 0.6) is 11.5 Å². The van der Waals surface area contributed by atoms with Crippen molar-refractivity contribution < 1.29 is 19.4 Å². The van der Waals surface area contributed by atoms with Gasteiger partial charge in [0.25, 0.3) is 0 Å². The fraction of sp³-hybridized carbons (Fsp3) is 0.278. The fourth-order valence-electron chi connectivity index (χ4n) is 2.77. The minimum Gasteiger partial charge on any atom is -0.493 e. The molecule has 0 amide bonds. The van der Waals surface area contributed by atoms with Crippen LogP contribution in [0.25, 0.3) is 0 Å². The van der Waals surface area contributed by atoms with Gasteiger partial charge in [-0.15, -0.1) is 12.4 Å². The van der Waals surface area contributed by atoms with E-state index in [4.69, 9.17) is 9.47 Å². The Kier molecular flexibility index (Phi) is 6.06. The Morgan fingerprint density at radius 3 is 2.67 bits per heavy atom. The molecule has 0 bridgehead atoms. The molecule has 1 unspecified atom stereocenters. The summed E-state index contributed by atoms with van der Waals surface area (Å²) in [5.74, 6) is 0.416. The third kappa shape index (κ3) is 3.80. The van der Waals surface area contributed by atoms with Gasteiger partial charge in [-0.05, 0) is 17.2 Å². The van der Waals surface area contributed by atoms with Crippen LogP contribution in [-0.4, -0.2) is 24.2 Å². The Hall–Kier alpha value is -2.24. The molecule has 5 nitrogen and oxygen atoms in total. The van der Waals surface area contributed by atoms with Crippen molar-refractivity contribution in [1.29, 1.82) is 0 Å². The van der Waals surface area contributed by atoms with Crippen LogP contribution in [0.3, 0.4) is 0 Å². The molecule has 0 aliphatic carbocycles. The normalized spacial score (nSPS) is 15.8. The van der Waals surface area contributed by atoms with E-state index in [1.54, 1.807) is 7.11 Å². The fourth-order valence-corrected chi connectivity index (χ4v) is 2.77. The van der Waals surface area contributed by atoms with E-state index >= 15 is 0 Å². The number of halogens is 1. The molecule has 0 radical (unpaired) electrons. The van der Waals surface area contributed by atoms with Crippen molar-refractivity contribution in [3.8, 4) is 11.5 Å². The molecule has 0 saturated heterocycles. The number of rotatable bonds is 5. The lowest BCUT2D eigenvalue weighted by molar-refractivity contribution is -0.139. The molecule has 1 aliphatic rings. The van der Waals surface area contributed by atoms with E-state index in [0.29, 0.717) is 31.1 Å². The van der Waals surface area contributed by atoms with E-state index in [1.165, 1.54) is 0 Å². The number of methoxy groups -OCH3 is 1. The van der Waals surface area contributed by atoms with Gasteiger partial charge in [-0.3, -0.25) is 4.79 Å². The third-order valence-corrected chi connectivity index (χ3v) is 4.01. The Morgan fingerprint density at radius 2 is 2.00 bits per heavy atom. The predicted octanol–water partition coefficient (Wildman–Crippen LogP) is 2.79. The standard InChI is InChI=1S/C18H19NO4.ClH/c1-22-16-8-7-13-10-19-15(18(20)21)9-14(13)17(16)23-11-12-5-3-2-4-6-12;/h2-8,15,19H,9-11H2,1H3,(H,20,21);1H. The van der Waals surface area contributed by atoms with Crippen LogP contribution in [-0.2, 0) is 24.4 Å². The van der Waals surface area contributed by atoms with Crippen molar-refractivity contribution in [3.05, 3.63) is 59.2 Å². The van der Waals surface area contributed by atoms with Crippen LogP contribution < -0.4 is 14.8 Å². The van der Waals surface area contributed by atoms with Crippen LogP contribution in [0.4, 0.5) is 0 Å². The highest BCUT2D eigenvalue weighted by molar-refractivity contribution is 5.85. The second kappa shape index (κ2) is 8.04. The summed E-state index contributed by atoms with van der Waals surface area (Å²) in [5, 5.41) is 12.3. The number of benzene rings is 2. The van der Waals surface area contributed by atoms with Crippen LogP contribution in [0.15, 0.2) is 42.5 Å². The third-order valence-electron chi connectivity index (χ3n) is 4.01. The molecule has 1 atom stereocenters. The van der Waals surface area contributed by atoms with E-state index in [-0.39, 0.29) is 12.4 Å². The average Bonchev–Trinajstić information content (AvgIpc) is 2.59. The van der Waals surface area contributed by atoms with Crippen LogP contribution >= 0.6 is 12.4 Å². The van der Waals surface area contributed by atoms with Crippen molar-refractivity contribution >= 4 is 18.4 Å². The summed E-state index contributed by atoms with van der Waals surface area (Å²) in [5.41, 5.74) is 3.01. The second-order valence-corrected chi connectivity index (χ2v) is 5.48. The van der Waals surface area contributed by atoms with Gasteiger partial charge in [0.2, 0.25) is 0 Å². The molecule has 2 aromatic rings. The Labute approximate surface area is 147 Å². The van der Waals surface area contributed by atoms with Gasteiger partial charge in [-0.25, -0.2) is 0 Å². The predicted molar refractivity (Wildman–Crippen MR) is 93.0 cm³/mol. The van der Waals surface area contributed by atoms with Gasteiger partial charge in [0.05, 0.1) is 7.11 Å². The lowest BCUT2D eigenvalue weighted by atomic mass is 9.94. The van der Waals surface area contributed by atoms with Crippen molar-refractivity contribution in [2.75, 3.05) is 7.11 Å². The largest absolute Gasteiger partial charge is 0.493 e. The highest BCUT2D eigenvalue weighted by Crippen LogP contribution is 2.36. The lowest BCUT2D eigenvalue weighted by Gasteiger charge is -2.26. The summed E-state index contributed by atoms with van der Waals surface area (Å²) < 4.78 is 11.4. The number of carboxylic acid groups (broad SMARTS) is 1. The van der Waals surface area contributed by atoms with Gasteiger partial charge in [0, 0.05) is 18.5 Å². The van der Waals surface area contributed by atoms with Gasteiger partial charge >= 0.3 is 5.97 Å². The highest BCUT2D eigenvalue weighted by atomic mass is 35.5. The Balaban J connectivity index is 0.00000208. The molecular weight excluding hydrogens is 330 g/mol.